The van der Waals surface area contributed by atoms with Crippen molar-refractivity contribution in [1.82, 2.24) is 15.1 Å². The number of piperazine rings is 1. The molecule has 1 aromatic rings. The summed E-state index contributed by atoms with van der Waals surface area (Å²) >= 11 is 0. The van der Waals surface area contributed by atoms with Gasteiger partial charge in [-0.1, -0.05) is 30.3 Å². The SMILES string of the molecule is CC(=O)N(CCC(=O)N1CCNC[C@@H]1C)Cc1ccccc1. The highest BCUT2D eigenvalue weighted by Gasteiger charge is 2.23. The Labute approximate surface area is 132 Å². The summed E-state index contributed by atoms with van der Waals surface area (Å²) in [5, 5.41) is 3.28. The minimum absolute atomic E-state index is 0.00464. The first-order valence-corrected chi connectivity index (χ1v) is 7.87. The van der Waals surface area contributed by atoms with Gasteiger partial charge in [0, 0.05) is 52.1 Å². The lowest BCUT2D eigenvalue weighted by Crippen LogP contribution is -2.52. The van der Waals surface area contributed by atoms with Crippen LogP contribution in [0.1, 0.15) is 25.8 Å². The van der Waals surface area contributed by atoms with Crippen molar-refractivity contribution in [2.75, 3.05) is 26.2 Å². The van der Waals surface area contributed by atoms with Gasteiger partial charge in [0.05, 0.1) is 0 Å². The molecule has 0 aromatic heterocycles. The summed E-state index contributed by atoms with van der Waals surface area (Å²) < 4.78 is 0. The van der Waals surface area contributed by atoms with E-state index in [4.69, 9.17) is 0 Å². The third-order valence-corrected chi connectivity index (χ3v) is 4.08. The number of hydrogen-bond donors (Lipinski definition) is 1. The largest absolute Gasteiger partial charge is 0.338 e. The summed E-state index contributed by atoms with van der Waals surface area (Å²) in [6, 6.07) is 10.1. The first-order valence-electron chi connectivity index (χ1n) is 7.87. The molecule has 1 N–H and O–H groups in total. The molecule has 5 heteroatoms. The maximum Gasteiger partial charge on any atom is 0.224 e. The van der Waals surface area contributed by atoms with Crippen molar-refractivity contribution >= 4 is 11.8 Å². The molecule has 5 nitrogen and oxygen atoms in total. The Bertz CT molecular complexity index is 504. The average Bonchev–Trinajstić information content (AvgIpc) is 2.52. The minimum atomic E-state index is 0.00464. The Morgan fingerprint density at radius 1 is 1.32 bits per heavy atom. The van der Waals surface area contributed by atoms with E-state index in [0.29, 0.717) is 19.5 Å². The van der Waals surface area contributed by atoms with E-state index in [0.717, 1.165) is 25.2 Å². The topological polar surface area (TPSA) is 52.7 Å². The molecule has 1 fully saturated rings. The van der Waals surface area contributed by atoms with Gasteiger partial charge in [0.25, 0.3) is 0 Å². The Hall–Kier alpha value is -1.88. The molecule has 1 aromatic carbocycles. The fourth-order valence-electron chi connectivity index (χ4n) is 2.74. The van der Waals surface area contributed by atoms with Gasteiger partial charge in [0.15, 0.2) is 0 Å². The number of nitrogens with one attached hydrogen (secondary N) is 1. The molecule has 120 valence electrons. The molecule has 0 unspecified atom stereocenters. The second-order valence-electron chi connectivity index (χ2n) is 5.82. The van der Waals surface area contributed by atoms with Crippen LogP contribution in [0.15, 0.2) is 30.3 Å². The summed E-state index contributed by atoms with van der Waals surface area (Å²) in [5.41, 5.74) is 1.08. The van der Waals surface area contributed by atoms with Gasteiger partial charge >= 0.3 is 0 Å². The zero-order chi connectivity index (χ0) is 15.9. The molecule has 1 atom stereocenters. The highest BCUT2D eigenvalue weighted by molar-refractivity contribution is 5.78. The van der Waals surface area contributed by atoms with E-state index in [1.54, 1.807) is 11.8 Å². The van der Waals surface area contributed by atoms with Gasteiger partial charge in [-0.15, -0.1) is 0 Å². The number of benzene rings is 1. The number of nitrogens with zero attached hydrogens (tertiary/aromatic N) is 2. The van der Waals surface area contributed by atoms with Gasteiger partial charge in [-0.05, 0) is 12.5 Å². The third-order valence-electron chi connectivity index (χ3n) is 4.08. The average molecular weight is 303 g/mol. The van der Waals surface area contributed by atoms with E-state index in [2.05, 4.69) is 12.2 Å². The maximum atomic E-state index is 12.3. The first-order chi connectivity index (χ1) is 10.6. The van der Waals surface area contributed by atoms with Gasteiger partial charge in [0.2, 0.25) is 11.8 Å². The standard InChI is InChI=1S/C17H25N3O2/c1-14-12-18-9-11-20(14)17(22)8-10-19(15(2)21)13-16-6-4-3-5-7-16/h3-7,14,18H,8-13H2,1-2H3/t14-/m0/s1. The van der Waals surface area contributed by atoms with Crippen LogP contribution in [-0.2, 0) is 16.1 Å². The number of carbonyl (C=O) groups excluding carboxylic acids is 2. The number of carbonyl (C=O) groups is 2. The fourth-order valence-corrected chi connectivity index (χ4v) is 2.74. The van der Waals surface area contributed by atoms with Crippen molar-refractivity contribution < 1.29 is 9.59 Å². The van der Waals surface area contributed by atoms with Crippen LogP contribution in [0.3, 0.4) is 0 Å². The smallest absolute Gasteiger partial charge is 0.224 e. The Balaban J connectivity index is 1.88. The monoisotopic (exact) mass is 303 g/mol. The predicted octanol–water partition coefficient (Wildman–Crippen LogP) is 1.25. The Morgan fingerprint density at radius 2 is 2.05 bits per heavy atom. The maximum absolute atomic E-state index is 12.3. The molecule has 1 saturated heterocycles. The van der Waals surface area contributed by atoms with Gasteiger partial charge in [-0.2, -0.15) is 0 Å². The molecule has 0 aliphatic carbocycles. The van der Waals surface area contributed by atoms with Crippen LogP contribution in [0.2, 0.25) is 0 Å². The van der Waals surface area contributed by atoms with E-state index < -0.39 is 0 Å². The molecule has 1 heterocycles. The molecule has 0 saturated carbocycles. The molecule has 2 amide bonds. The van der Waals surface area contributed by atoms with E-state index >= 15 is 0 Å². The van der Waals surface area contributed by atoms with Crippen molar-refractivity contribution in [2.24, 2.45) is 0 Å². The van der Waals surface area contributed by atoms with E-state index in [9.17, 15) is 9.59 Å². The molecular formula is C17H25N3O2. The van der Waals surface area contributed by atoms with Crippen LogP contribution >= 0.6 is 0 Å². The molecular weight excluding hydrogens is 278 g/mol. The molecule has 22 heavy (non-hydrogen) atoms. The summed E-state index contributed by atoms with van der Waals surface area (Å²) in [5.74, 6) is 0.137. The lowest BCUT2D eigenvalue weighted by Gasteiger charge is -2.34. The second kappa shape index (κ2) is 7.94. The van der Waals surface area contributed by atoms with Crippen LogP contribution in [0.25, 0.3) is 0 Å². The van der Waals surface area contributed by atoms with Gasteiger partial charge in [-0.25, -0.2) is 0 Å². The lowest BCUT2D eigenvalue weighted by molar-refractivity contribution is -0.135. The highest BCUT2D eigenvalue weighted by atomic mass is 16.2. The number of rotatable bonds is 5. The molecule has 2 rings (SSSR count). The molecule has 1 aliphatic heterocycles. The second-order valence-corrected chi connectivity index (χ2v) is 5.82. The normalized spacial score (nSPS) is 18.1. The predicted molar refractivity (Wildman–Crippen MR) is 86.2 cm³/mol. The molecule has 0 radical (unpaired) electrons. The zero-order valence-corrected chi connectivity index (χ0v) is 13.4. The lowest BCUT2D eigenvalue weighted by atomic mass is 10.2. The van der Waals surface area contributed by atoms with Crippen molar-refractivity contribution in [3.05, 3.63) is 35.9 Å². The van der Waals surface area contributed by atoms with Gasteiger partial charge in [0.1, 0.15) is 0 Å². The fraction of sp³-hybridized carbons (Fsp3) is 0.529. The third kappa shape index (κ3) is 4.56. The summed E-state index contributed by atoms with van der Waals surface area (Å²) in [6.45, 7) is 7.07. The quantitative estimate of drug-likeness (QED) is 0.890. The first kappa shape index (κ1) is 16.5. The Kier molecular flexibility index (Phi) is 5.95. The van der Waals surface area contributed by atoms with E-state index in [1.807, 2.05) is 35.2 Å². The van der Waals surface area contributed by atoms with Crippen LogP contribution in [0, 0.1) is 0 Å². The minimum Gasteiger partial charge on any atom is -0.338 e. The van der Waals surface area contributed by atoms with Crippen LogP contribution in [-0.4, -0.2) is 53.8 Å². The van der Waals surface area contributed by atoms with E-state index in [-0.39, 0.29) is 17.9 Å². The van der Waals surface area contributed by atoms with Crippen molar-refractivity contribution in [3.8, 4) is 0 Å². The van der Waals surface area contributed by atoms with Crippen LogP contribution in [0.5, 0.6) is 0 Å². The van der Waals surface area contributed by atoms with Crippen molar-refractivity contribution in [2.45, 2.75) is 32.9 Å². The van der Waals surface area contributed by atoms with Gasteiger partial charge in [-0.3, -0.25) is 9.59 Å². The van der Waals surface area contributed by atoms with E-state index in [1.165, 1.54) is 0 Å². The van der Waals surface area contributed by atoms with Crippen LogP contribution in [0.4, 0.5) is 0 Å². The van der Waals surface area contributed by atoms with Gasteiger partial charge < -0.3 is 15.1 Å². The summed E-state index contributed by atoms with van der Waals surface area (Å²) in [7, 11) is 0. The zero-order valence-electron chi connectivity index (χ0n) is 13.4. The van der Waals surface area contributed by atoms with Crippen molar-refractivity contribution in [1.29, 1.82) is 0 Å². The number of hydrogen-bond acceptors (Lipinski definition) is 3. The molecule has 0 spiro atoms. The highest BCUT2D eigenvalue weighted by Crippen LogP contribution is 2.09. The molecule has 0 bridgehead atoms. The molecule has 1 aliphatic rings. The number of amides is 2. The van der Waals surface area contributed by atoms with Crippen molar-refractivity contribution in [3.63, 3.8) is 0 Å². The summed E-state index contributed by atoms with van der Waals surface area (Å²) in [4.78, 5) is 27.8. The Morgan fingerprint density at radius 3 is 2.68 bits per heavy atom. The summed E-state index contributed by atoms with van der Waals surface area (Å²) in [6.07, 6.45) is 0.386. The van der Waals surface area contributed by atoms with Crippen LogP contribution < -0.4 is 5.32 Å².